The minimum atomic E-state index is -0.600. The van der Waals surface area contributed by atoms with Crippen molar-refractivity contribution < 1.29 is 14.3 Å². The Hall–Kier alpha value is -3.77. The van der Waals surface area contributed by atoms with Crippen molar-refractivity contribution in [1.29, 1.82) is 0 Å². The van der Waals surface area contributed by atoms with Crippen LogP contribution in [0.15, 0.2) is 79.1 Å². The summed E-state index contributed by atoms with van der Waals surface area (Å²) in [5.74, 6) is -1.02. The van der Waals surface area contributed by atoms with Gasteiger partial charge in [-0.15, -0.1) is 0 Å². The molecule has 0 aliphatic carbocycles. The van der Waals surface area contributed by atoms with Crippen molar-refractivity contribution in [1.82, 2.24) is 15.3 Å². The number of amides is 1. The molecule has 4 rings (SSSR count). The molecule has 2 aromatic carbocycles. The highest BCUT2D eigenvalue weighted by molar-refractivity contribution is 6.31. The van der Waals surface area contributed by atoms with E-state index in [1.165, 1.54) is 0 Å². The lowest BCUT2D eigenvalue weighted by Gasteiger charge is -2.11. The van der Waals surface area contributed by atoms with Crippen LogP contribution in [0.5, 0.6) is 0 Å². The maximum Gasteiger partial charge on any atom is 0.339 e. The summed E-state index contributed by atoms with van der Waals surface area (Å²) in [6.07, 6.45) is 3.34. The second-order valence-corrected chi connectivity index (χ2v) is 7.17. The van der Waals surface area contributed by atoms with Crippen molar-refractivity contribution >= 4 is 34.4 Å². The highest BCUT2D eigenvalue weighted by Crippen LogP contribution is 2.25. The summed E-state index contributed by atoms with van der Waals surface area (Å²) >= 11 is 6.09. The number of aromatic nitrogens is 2. The summed E-state index contributed by atoms with van der Waals surface area (Å²) in [5, 5.41) is 3.91. The molecule has 31 heavy (non-hydrogen) atoms. The average Bonchev–Trinajstić information content (AvgIpc) is 2.82. The first-order valence-electron chi connectivity index (χ1n) is 9.59. The van der Waals surface area contributed by atoms with Crippen LogP contribution in [0.2, 0.25) is 5.02 Å². The largest absolute Gasteiger partial charge is 0.452 e. The number of para-hydroxylation sites is 1. The second-order valence-electron chi connectivity index (χ2n) is 6.76. The molecule has 0 saturated carbocycles. The fraction of sp³-hybridized carbons (Fsp3) is 0.0833. The lowest BCUT2D eigenvalue weighted by atomic mass is 10.1. The van der Waals surface area contributed by atoms with Gasteiger partial charge in [0, 0.05) is 34.9 Å². The van der Waals surface area contributed by atoms with E-state index < -0.39 is 18.5 Å². The standard InChI is InChI=1S/C24H18ClN3O3/c25-20-9-3-1-6-16(20)14-27-23(29)15-31-24(30)19-12-22(17-7-5-11-26-13-17)28-21-10-4-2-8-18(19)21/h1-13H,14-15H2,(H,27,29). The monoisotopic (exact) mass is 431 g/mol. The number of esters is 1. The molecule has 1 amide bonds. The number of halogens is 1. The summed E-state index contributed by atoms with van der Waals surface area (Å²) < 4.78 is 5.28. The van der Waals surface area contributed by atoms with E-state index in [4.69, 9.17) is 16.3 Å². The van der Waals surface area contributed by atoms with Crippen molar-refractivity contribution in [3.63, 3.8) is 0 Å². The predicted octanol–water partition coefficient (Wildman–Crippen LogP) is 4.42. The molecule has 0 aliphatic heterocycles. The number of ether oxygens (including phenoxy) is 1. The molecule has 0 fully saturated rings. The van der Waals surface area contributed by atoms with Gasteiger partial charge in [-0.2, -0.15) is 0 Å². The smallest absolute Gasteiger partial charge is 0.339 e. The van der Waals surface area contributed by atoms with Crippen molar-refractivity contribution in [2.45, 2.75) is 6.54 Å². The van der Waals surface area contributed by atoms with Crippen LogP contribution in [-0.2, 0) is 16.1 Å². The number of nitrogens with one attached hydrogen (secondary N) is 1. The summed E-state index contributed by atoms with van der Waals surface area (Å²) in [4.78, 5) is 33.7. The Morgan fingerprint density at radius 2 is 1.81 bits per heavy atom. The van der Waals surface area contributed by atoms with Gasteiger partial charge in [-0.05, 0) is 35.9 Å². The SMILES string of the molecule is O=C(COC(=O)c1cc(-c2cccnc2)nc2ccccc12)NCc1ccccc1Cl. The third kappa shape index (κ3) is 4.87. The molecule has 0 spiro atoms. The Morgan fingerprint density at radius 1 is 1.00 bits per heavy atom. The van der Waals surface area contributed by atoms with E-state index in [1.54, 1.807) is 36.7 Å². The molecular weight excluding hydrogens is 414 g/mol. The topological polar surface area (TPSA) is 81.2 Å². The van der Waals surface area contributed by atoms with Gasteiger partial charge in [0.2, 0.25) is 0 Å². The fourth-order valence-corrected chi connectivity index (χ4v) is 3.30. The summed E-state index contributed by atoms with van der Waals surface area (Å²) in [5.41, 5.74) is 3.15. The van der Waals surface area contributed by atoms with Crippen molar-refractivity contribution in [3.8, 4) is 11.3 Å². The number of pyridine rings is 2. The molecule has 2 aromatic heterocycles. The molecule has 6 nitrogen and oxygen atoms in total. The average molecular weight is 432 g/mol. The Bertz CT molecular complexity index is 1250. The van der Waals surface area contributed by atoms with Crippen LogP contribution in [0.25, 0.3) is 22.2 Å². The van der Waals surface area contributed by atoms with Gasteiger partial charge in [-0.25, -0.2) is 9.78 Å². The van der Waals surface area contributed by atoms with Crippen LogP contribution in [0.3, 0.4) is 0 Å². The molecule has 154 valence electrons. The molecule has 4 aromatic rings. The van der Waals surface area contributed by atoms with Gasteiger partial charge in [0.25, 0.3) is 5.91 Å². The highest BCUT2D eigenvalue weighted by atomic mass is 35.5. The second kappa shape index (κ2) is 9.36. The number of benzene rings is 2. The van der Waals surface area contributed by atoms with Crippen molar-refractivity contribution in [2.75, 3.05) is 6.61 Å². The molecule has 0 unspecified atom stereocenters. The molecular formula is C24H18ClN3O3. The zero-order chi connectivity index (χ0) is 21.6. The van der Waals surface area contributed by atoms with Gasteiger partial charge in [0.1, 0.15) is 0 Å². The fourth-order valence-electron chi connectivity index (χ4n) is 3.10. The van der Waals surface area contributed by atoms with E-state index in [0.29, 0.717) is 27.2 Å². The lowest BCUT2D eigenvalue weighted by Crippen LogP contribution is -2.28. The molecule has 7 heteroatoms. The summed E-state index contributed by atoms with van der Waals surface area (Å²) in [6, 6.07) is 19.8. The quantitative estimate of drug-likeness (QED) is 0.457. The maximum absolute atomic E-state index is 12.8. The molecule has 0 atom stereocenters. The Kier molecular flexibility index (Phi) is 6.19. The minimum absolute atomic E-state index is 0.249. The minimum Gasteiger partial charge on any atom is -0.452 e. The summed E-state index contributed by atoms with van der Waals surface area (Å²) in [7, 11) is 0. The number of hydrogen-bond acceptors (Lipinski definition) is 5. The molecule has 0 bridgehead atoms. The van der Waals surface area contributed by atoms with E-state index in [-0.39, 0.29) is 6.54 Å². The maximum atomic E-state index is 12.8. The van der Waals surface area contributed by atoms with Crippen LogP contribution >= 0.6 is 11.6 Å². The Morgan fingerprint density at radius 3 is 2.61 bits per heavy atom. The zero-order valence-corrected chi connectivity index (χ0v) is 17.2. The van der Waals surface area contributed by atoms with Crippen LogP contribution in [-0.4, -0.2) is 28.5 Å². The van der Waals surface area contributed by atoms with E-state index in [2.05, 4.69) is 15.3 Å². The van der Waals surface area contributed by atoms with Gasteiger partial charge in [0.05, 0.1) is 16.8 Å². The predicted molar refractivity (Wildman–Crippen MR) is 119 cm³/mol. The number of fused-ring (bicyclic) bond motifs is 1. The van der Waals surface area contributed by atoms with E-state index in [1.807, 2.05) is 42.5 Å². The van der Waals surface area contributed by atoms with Gasteiger partial charge >= 0.3 is 5.97 Å². The normalized spacial score (nSPS) is 10.6. The first-order chi connectivity index (χ1) is 15.1. The van der Waals surface area contributed by atoms with Crippen LogP contribution in [0.1, 0.15) is 15.9 Å². The summed E-state index contributed by atoms with van der Waals surface area (Å²) in [6.45, 7) is -0.151. The number of rotatable bonds is 6. The number of nitrogens with zero attached hydrogens (tertiary/aromatic N) is 2. The molecule has 1 N–H and O–H groups in total. The molecule has 0 radical (unpaired) electrons. The number of hydrogen-bond donors (Lipinski definition) is 1. The highest BCUT2D eigenvalue weighted by Gasteiger charge is 2.16. The van der Waals surface area contributed by atoms with E-state index >= 15 is 0 Å². The van der Waals surface area contributed by atoms with Gasteiger partial charge in [0.15, 0.2) is 6.61 Å². The van der Waals surface area contributed by atoms with Gasteiger partial charge < -0.3 is 10.1 Å². The van der Waals surface area contributed by atoms with Crippen LogP contribution < -0.4 is 5.32 Å². The van der Waals surface area contributed by atoms with E-state index in [9.17, 15) is 9.59 Å². The van der Waals surface area contributed by atoms with Gasteiger partial charge in [-0.1, -0.05) is 48.0 Å². The first-order valence-corrected chi connectivity index (χ1v) is 9.97. The third-order valence-electron chi connectivity index (χ3n) is 4.66. The van der Waals surface area contributed by atoms with Crippen molar-refractivity contribution in [3.05, 3.63) is 95.3 Å². The molecule has 0 aliphatic rings. The number of carbonyl (C=O) groups excluding carboxylic acids is 2. The number of carbonyl (C=O) groups is 2. The van der Waals surface area contributed by atoms with Crippen LogP contribution in [0, 0.1) is 0 Å². The Balaban J connectivity index is 1.49. The van der Waals surface area contributed by atoms with Crippen molar-refractivity contribution in [2.24, 2.45) is 0 Å². The molecule has 2 heterocycles. The van der Waals surface area contributed by atoms with Crippen LogP contribution in [0.4, 0.5) is 0 Å². The lowest BCUT2D eigenvalue weighted by molar-refractivity contribution is -0.124. The Labute approximate surface area is 183 Å². The zero-order valence-electron chi connectivity index (χ0n) is 16.4. The first kappa shape index (κ1) is 20.5. The third-order valence-corrected chi connectivity index (χ3v) is 5.03. The molecule has 0 saturated heterocycles. The van der Waals surface area contributed by atoms with Gasteiger partial charge in [-0.3, -0.25) is 9.78 Å². The van der Waals surface area contributed by atoms with E-state index in [0.717, 1.165) is 11.1 Å².